The van der Waals surface area contributed by atoms with Gasteiger partial charge in [-0.1, -0.05) is 13.0 Å². The maximum atomic E-state index is 13.0. The molecule has 8 heteroatoms. The number of aromatic amines is 2. The fourth-order valence-corrected chi connectivity index (χ4v) is 3.12. The lowest BCUT2D eigenvalue weighted by molar-refractivity contribution is -0.0266. The molecule has 1 aliphatic rings. The maximum Gasteiger partial charge on any atom is 0.254 e. The Morgan fingerprint density at radius 2 is 2.32 bits per heavy atom. The van der Waals surface area contributed by atoms with Gasteiger partial charge < -0.3 is 9.64 Å². The summed E-state index contributed by atoms with van der Waals surface area (Å²) in [5, 5.41) is 15.0. The van der Waals surface area contributed by atoms with Crippen LogP contribution in [0.5, 0.6) is 0 Å². The molecule has 1 aliphatic heterocycles. The van der Waals surface area contributed by atoms with E-state index in [1.54, 1.807) is 11.1 Å². The number of fused-ring (bicyclic) bond motifs is 1. The largest absolute Gasteiger partial charge is 0.366 e. The van der Waals surface area contributed by atoms with Gasteiger partial charge in [-0.15, -0.1) is 0 Å². The molecular formula is C17H20N6O2. The molecule has 3 heterocycles. The minimum absolute atomic E-state index is 0.0235. The second-order valence-electron chi connectivity index (χ2n) is 6.14. The van der Waals surface area contributed by atoms with Crippen LogP contribution in [0.15, 0.2) is 24.4 Å². The van der Waals surface area contributed by atoms with Gasteiger partial charge in [0.05, 0.1) is 30.4 Å². The summed E-state index contributed by atoms with van der Waals surface area (Å²) in [5.74, 6) is 1.44. The molecule has 1 fully saturated rings. The molecule has 1 atom stereocenters. The molecule has 0 unspecified atom stereocenters. The highest BCUT2D eigenvalue weighted by molar-refractivity contribution is 6.06. The molecule has 8 nitrogen and oxygen atoms in total. The zero-order valence-corrected chi connectivity index (χ0v) is 14.0. The van der Waals surface area contributed by atoms with Crippen molar-refractivity contribution in [1.29, 1.82) is 0 Å². The number of carbonyl (C=O) groups excluding carboxylic acids is 1. The fraction of sp³-hybridized carbons (Fsp3) is 0.412. The summed E-state index contributed by atoms with van der Waals surface area (Å²) in [6, 6.07) is 5.60. The van der Waals surface area contributed by atoms with Crippen LogP contribution >= 0.6 is 0 Å². The van der Waals surface area contributed by atoms with E-state index in [0.717, 1.165) is 29.6 Å². The molecule has 0 saturated carbocycles. The molecule has 2 aromatic heterocycles. The van der Waals surface area contributed by atoms with Gasteiger partial charge >= 0.3 is 0 Å². The van der Waals surface area contributed by atoms with Gasteiger partial charge in [-0.3, -0.25) is 15.0 Å². The highest BCUT2D eigenvalue weighted by Crippen LogP contribution is 2.23. The van der Waals surface area contributed by atoms with Gasteiger partial charge in [0.1, 0.15) is 11.9 Å². The maximum absolute atomic E-state index is 13.0. The first-order chi connectivity index (χ1) is 12.3. The van der Waals surface area contributed by atoms with Crippen LogP contribution in [0.2, 0.25) is 0 Å². The Labute approximate surface area is 144 Å². The van der Waals surface area contributed by atoms with Crippen molar-refractivity contribution in [3.8, 4) is 0 Å². The van der Waals surface area contributed by atoms with E-state index < -0.39 is 0 Å². The average Bonchev–Trinajstić information content (AvgIpc) is 3.30. The Kier molecular flexibility index (Phi) is 4.19. The third-order valence-corrected chi connectivity index (χ3v) is 4.39. The van der Waals surface area contributed by atoms with Crippen LogP contribution in [-0.4, -0.2) is 55.9 Å². The van der Waals surface area contributed by atoms with Crippen LogP contribution in [0.4, 0.5) is 0 Å². The van der Waals surface area contributed by atoms with Crippen LogP contribution in [0.3, 0.4) is 0 Å². The number of aryl methyl sites for hydroxylation is 1. The molecule has 0 spiro atoms. The van der Waals surface area contributed by atoms with Gasteiger partial charge in [-0.2, -0.15) is 10.2 Å². The van der Waals surface area contributed by atoms with Crippen molar-refractivity contribution in [2.75, 3.05) is 19.7 Å². The summed E-state index contributed by atoms with van der Waals surface area (Å²) in [6.07, 6.45) is 3.24. The van der Waals surface area contributed by atoms with Crippen LogP contribution in [-0.2, 0) is 11.2 Å². The Balaban J connectivity index is 1.54. The molecule has 2 N–H and O–H groups in total. The number of nitrogens with one attached hydrogen (secondary N) is 2. The number of hydrogen-bond donors (Lipinski definition) is 2. The van der Waals surface area contributed by atoms with E-state index in [1.807, 2.05) is 18.2 Å². The summed E-state index contributed by atoms with van der Waals surface area (Å²) in [4.78, 5) is 19.3. The number of benzene rings is 1. The van der Waals surface area contributed by atoms with E-state index in [1.165, 1.54) is 0 Å². The van der Waals surface area contributed by atoms with Crippen LogP contribution < -0.4 is 0 Å². The van der Waals surface area contributed by atoms with Gasteiger partial charge in [0.2, 0.25) is 0 Å². The molecule has 1 amide bonds. The normalized spacial score (nSPS) is 18.0. The lowest BCUT2D eigenvalue weighted by Crippen LogP contribution is -2.42. The van der Waals surface area contributed by atoms with Crippen LogP contribution in [0.25, 0.3) is 10.9 Å². The van der Waals surface area contributed by atoms with Crippen molar-refractivity contribution < 1.29 is 9.53 Å². The predicted molar refractivity (Wildman–Crippen MR) is 91.1 cm³/mol. The van der Waals surface area contributed by atoms with Gasteiger partial charge in [-0.25, -0.2) is 4.98 Å². The number of rotatable bonds is 4. The molecule has 25 heavy (non-hydrogen) atoms. The Morgan fingerprint density at radius 3 is 3.20 bits per heavy atom. The second-order valence-corrected chi connectivity index (χ2v) is 6.14. The van der Waals surface area contributed by atoms with Gasteiger partial charge in [0.25, 0.3) is 5.91 Å². The SMILES string of the molecule is CCCc1nc([C@H]2CN(C(=O)c3cccc4[nH]ncc34)CCO2)n[nH]1. The van der Waals surface area contributed by atoms with Crippen molar-refractivity contribution in [3.63, 3.8) is 0 Å². The number of H-pyrrole nitrogens is 2. The highest BCUT2D eigenvalue weighted by Gasteiger charge is 2.29. The first kappa shape index (κ1) is 15.8. The summed E-state index contributed by atoms with van der Waals surface area (Å²) < 4.78 is 5.79. The topological polar surface area (TPSA) is 99.8 Å². The van der Waals surface area contributed by atoms with Gasteiger partial charge in [-0.05, 0) is 18.6 Å². The zero-order valence-electron chi connectivity index (χ0n) is 14.0. The van der Waals surface area contributed by atoms with Gasteiger partial charge in [0, 0.05) is 18.4 Å². The molecule has 1 saturated heterocycles. The Bertz CT molecular complexity index is 886. The molecule has 0 radical (unpaired) electrons. The van der Waals surface area contributed by atoms with Crippen molar-refractivity contribution in [1.82, 2.24) is 30.3 Å². The summed E-state index contributed by atoms with van der Waals surface area (Å²) in [7, 11) is 0. The van der Waals surface area contributed by atoms with Crippen molar-refractivity contribution in [3.05, 3.63) is 41.6 Å². The first-order valence-electron chi connectivity index (χ1n) is 8.50. The third-order valence-electron chi connectivity index (χ3n) is 4.39. The van der Waals surface area contributed by atoms with Crippen LogP contribution in [0.1, 0.15) is 41.5 Å². The predicted octanol–water partition coefficient (Wildman–Crippen LogP) is 1.85. The second kappa shape index (κ2) is 6.64. The Hall–Kier alpha value is -2.74. The van der Waals surface area contributed by atoms with E-state index in [9.17, 15) is 4.79 Å². The minimum atomic E-state index is -0.303. The van der Waals surface area contributed by atoms with Crippen molar-refractivity contribution in [2.45, 2.75) is 25.9 Å². The molecular weight excluding hydrogens is 320 g/mol. The number of carbonyl (C=O) groups is 1. The highest BCUT2D eigenvalue weighted by atomic mass is 16.5. The quantitative estimate of drug-likeness (QED) is 0.755. The standard InChI is InChI=1S/C17H20N6O2/c1-2-4-15-19-16(22-21-15)14-10-23(7-8-25-14)17(24)11-5-3-6-13-12(11)9-18-20-13/h3,5-6,9,14H,2,4,7-8,10H2,1H3,(H,18,20)(H,19,21,22)/t14-/m1/s1. The van der Waals surface area contributed by atoms with E-state index in [-0.39, 0.29) is 12.0 Å². The number of aromatic nitrogens is 5. The zero-order chi connectivity index (χ0) is 17.2. The van der Waals surface area contributed by atoms with Gasteiger partial charge in [0.15, 0.2) is 5.82 Å². The fourth-order valence-electron chi connectivity index (χ4n) is 3.12. The van der Waals surface area contributed by atoms with E-state index in [4.69, 9.17) is 4.74 Å². The van der Waals surface area contributed by atoms with Crippen molar-refractivity contribution in [2.24, 2.45) is 0 Å². The summed E-state index contributed by atoms with van der Waals surface area (Å²) in [5.41, 5.74) is 1.50. The number of amides is 1. The third kappa shape index (κ3) is 3.00. The smallest absolute Gasteiger partial charge is 0.254 e. The molecule has 0 aliphatic carbocycles. The number of morpholine rings is 1. The number of ether oxygens (including phenoxy) is 1. The lowest BCUT2D eigenvalue weighted by atomic mass is 10.1. The monoisotopic (exact) mass is 340 g/mol. The summed E-state index contributed by atoms with van der Waals surface area (Å²) in [6.45, 7) is 3.55. The Morgan fingerprint density at radius 1 is 1.40 bits per heavy atom. The molecule has 3 aromatic rings. The molecule has 0 bridgehead atoms. The van der Waals surface area contributed by atoms with E-state index in [0.29, 0.717) is 31.1 Å². The minimum Gasteiger partial charge on any atom is -0.366 e. The number of hydrogen-bond acceptors (Lipinski definition) is 5. The first-order valence-corrected chi connectivity index (χ1v) is 8.50. The van der Waals surface area contributed by atoms with Crippen LogP contribution in [0, 0.1) is 0 Å². The number of nitrogens with zero attached hydrogens (tertiary/aromatic N) is 4. The van der Waals surface area contributed by atoms with Crippen molar-refractivity contribution >= 4 is 16.8 Å². The molecule has 4 rings (SSSR count). The molecule has 1 aromatic carbocycles. The van der Waals surface area contributed by atoms with E-state index >= 15 is 0 Å². The molecule has 130 valence electrons. The van der Waals surface area contributed by atoms with E-state index in [2.05, 4.69) is 32.3 Å². The lowest BCUT2D eigenvalue weighted by Gasteiger charge is -2.31. The summed E-state index contributed by atoms with van der Waals surface area (Å²) >= 11 is 0. The average molecular weight is 340 g/mol.